The van der Waals surface area contributed by atoms with Crippen LogP contribution in [0.25, 0.3) is 0 Å². The van der Waals surface area contributed by atoms with E-state index in [9.17, 15) is 9.90 Å². The molecule has 1 heterocycles. The Labute approximate surface area is 111 Å². The zero-order valence-electron chi connectivity index (χ0n) is 11.9. The highest BCUT2D eigenvalue weighted by Crippen LogP contribution is 2.17. The Morgan fingerprint density at radius 1 is 1.44 bits per heavy atom. The predicted octanol–water partition coefficient (Wildman–Crippen LogP) is 1.29. The Morgan fingerprint density at radius 3 is 2.67 bits per heavy atom. The summed E-state index contributed by atoms with van der Waals surface area (Å²) >= 11 is 0. The van der Waals surface area contributed by atoms with E-state index in [2.05, 4.69) is 31.4 Å². The van der Waals surface area contributed by atoms with Crippen LogP contribution in [0.5, 0.6) is 0 Å². The Morgan fingerprint density at radius 2 is 2.11 bits per heavy atom. The van der Waals surface area contributed by atoms with E-state index < -0.39 is 6.10 Å². The summed E-state index contributed by atoms with van der Waals surface area (Å²) < 4.78 is 0. The maximum absolute atomic E-state index is 12.0. The van der Waals surface area contributed by atoms with Crippen LogP contribution in [0.2, 0.25) is 0 Å². The van der Waals surface area contributed by atoms with Crippen LogP contribution < -0.4 is 10.6 Å². The Hall–Kier alpha value is -0.610. The number of aliphatic hydroxyl groups is 1. The molecule has 106 valence electrons. The fourth-order valence-corrected chi connectivity index (χ4v) is 2.72. The Bertz CT molecular complexity index is 254. The molecule has 4 nitrogen and oxygen atoms in total. The monoisotopic (exact) mass is 256 g/mol. The molecule has 1 fully saturated rings. The molecule has 0 aromatic rings. The standard InChI is InChI=1S/C14H28N2O2/c1-4-11(5-2)13(17)9-16-14(18)12-6-7-15-10(3)8-12/h10-13,15,17H,4-9H2,1-3H3,(H,16,18). The third-order valence-corrected chi connectivity index (χ3v) is 4.07. The maximum atomic E-state index is 12.0. The van der Waals surface area contributed by atoms with Crippen molar-refractivity contribution in [2.24, 2.45) is 11.8 Å². The van der Waals surface area contributed by atoms with Crippen molar-refractivity contribution in [2.45, 2.75) is 58.6 Å². The molecular weight excluding hydrogens is 228 g/mol. The van der Waals surface area contributed by atoms with Crippen LogP contribution in [-0.4, -0.2) is 36.2 Å². The smallest absolute Gasteiger partial charge is 0.223 e. The number of rotatable bonds is 6. The lowest BCUT2D eigenvalue weighted by Gasteiger charge is -2.28. The van der Waals surface area contributed by atoms with Gasteiger partial charge in [-0.25, -0.2) is 0 Å². The molecule has 0 aromatic carbocycles. The van der Waals surface area contributed by atoms with Gasteiger partial charge in [0.25, 0.3) is 0 Å². The lowest BCUT2D eigenvalue weighted by atomic mass is 9.92. The molecule has 0 aromatic heterocycles. The summed E-state index contributed by atoms with van der Waals surface area (Å²) in [6.45, 7) is 7.57. The summed E-state index contributed by atoms with van der Waals surface area (Å²) in [5.41, 5.74) is 0. The fraction of sp³-hybridized carbons (Fsp3) is 0.929. The van der Waals surface area contributed by atoms with Crippen molar-refractivity contribution in [2.75, 3.05) is 13.1 Å². The van der Waals surface area contributed by atoms with E-state index >= 15 is 0 Å². The normalized spacial score (nSPS) is 26.1. The van der Waals surface area contributed by atoms with Gasteiger partial charge in [-0.3, -0.25) is 4.79 Å². The lowest BCUT2D eigenvalue weighted by molar-refractivity contribution is -0.126. The van der Waals surface area contributed by atoms with Gasteiger partial charge in [0.1, 0.15) is 0 Å². The van der Waals surface area contributed by atoms with E-state index in [4.69, 9.17) is 0 Å². The molecule has 1 saturated heterocycles. The average Bonchev–Trinajstić information content (AvgIpc) is 2.37. The molecule has 1 aliphatic heterocycles. The van der Waals surface area contributed by atoms with Gasteiger partial charge in [0.15, 0.2) is 0 Å². The minimum atomic E-state index is -0.414. The van der Waals surface area contributed by atoms with Crippen LogP contribution >= 0.6 is 0 Å². The molecule has 0 radical (unpaired) electrons. The number of hydrogen-bond donors (Lipinski definition) is 3. The molecule has 3 N–H and O–H groups in total. The molecule has 0 spiro atoms. The van der Waals surface area contributed by atoms with Crippen molar-refractivity contribution in [1.82, 2.24) is 10.6 Å². The first kappa shape index (κ1) is 15.4. The minimum absolute atomic E-state index is 0.105. The first-order valence-electron chi connectivity index (χ1n) is 7.27. The van der Waals surface area contributed by atoms with E-state index in [1.807, 2.05) is 0 Å². The van der Waals surface area contributed by atoms with Crippen molar-refractivity contribution < 1.29 is 9.90 Å². The summed E-state index contributed by atoms with van der Waals surface area (Å²) in [6.07, 6.45) is 3.29. The molecule has 3 atom stereocenters. The molecule has 0 aliphatic carbocycles. The fourth-order valence-electron chi connectivity index (χ4n) is 2.72. The molecule has 0 saturated carbocycles. The van der Waals surface area contributed by atoms with Crippen molar-refractivity contribution >= 4 is 5.91 Å². The van der Waals surface area contributed by atoms with Gasteiger partial charge in [-0.1, -0.05) is 26.7 Å². The minimum Gasteiger partial charge on any atom is -0.391 e. The van der Waals surface area contributed by atoms with Crippen LogP contribution in [0.15, 0.2) is 0 Å². The van der Waals surface area contributed by atoms with Crippen molar-refractivity contribution in [3.8, 4) is 0 Å². The van der Waals surface area contributed by atoms with Gasteiger partial charge < -0.3 is 15.7 Å². The first-order valence-corrected chi connectivity index (χ1v) is 7.27. The second-order valence-electron chi connectivity index (χ2n) is 5.47. The Balaban J connectivity index is 2.31. The number of amides is 1. The topological polar surface area (TPSA) is 61.4 Å². The summed E-state index contributed by atoms with van der Waals surface area (Å²) in [5.74, 6) is 0.501. The predicted molar refractivity (Wildman–Crippen MR) is 73.3 cm³/mol. The molecular formula is C14H28N2O2. The zero-order valence-corrected chi connectivity index (χ0v) is 11.9. The lowest BCUT2D eigenvalue weighted by Crippen LogP contribution is -2.44. The summed E-state index contributed by atoms with van der Waals surface area (Å²) in [6, 6.07) is 0.415. The van der Waals surface area contributed by atoms with Crippen LogP contribution in [0.3, 0.4) is 0 Å². The van der Waals surface area contributed by atoms with Gasteiger partial charge in [0.2, 0.25) is 5.91 Å². The first-order chi connectivity index (χ1) is 8.58. The highest BCUT2D eigenvalue weighted by Gasteiger charge is 2.25. The van der Waals surface area contributed by atoms with E-state index in [0.29, 0.717) is 12.6 Å². The van der Waals surface area contributed by atoms with E-state index in [1.165, 1.54) is 0 Å². The van der Waals surface area contributed by atoms with Crippen LogP contribution in [0.1, 0.15) is 46.5 Å². The summed E-state index contributed by atoms with van der Waals surface area (Å²) in [5, 5.41) is 16.2. The SMILES string of the molecule is CCC(CC)C(O)CNC(=O)C1CCNC(C)C1. The van der Waals surface area contributed by atoms with Gasteiger partial charge in [-0.15, -0.1) is 0 Å². The van der Waals surface area contributed by atoms with E-state index in [1.54, 1.807) is 0 Å². The molecule has 3 unspecified atom stereocenters. The quantitative estimate of drug-likeness (QED) is 0.671. The number of hydrogen-bond acceptors (Lipinski definition) is 3. The van der Waals surface area contributed by atoms with Gasteiger partial charge >= 0.3 is 0 Å². The van der Waals surface area contributed by atoms with Crippen molar-refractivity contribution in [1.29, 1.82) is 0 Å². The van der Waals surface area contributed by atoms with Crippen molar-refractivity contribution in [3.05, 3.63) is 0 Å². The number of aliphatic hydroxyl groups excluding tert-OH is 1. The zero-order chi connectivity index (χ0) is 13.5. The third kappa shape index (κ3) is 4.58. The highest BCUT2D eigenvalue weighted by molar-refractivity contribution is 5.78. The summed E-state index contributed by atoms with van der Waals surface area (Å²) in [7, 11) is 0. The van der Waals surface area contributed by atoms with E-state index in [-0.39, 0.29) is 17.7 Å². The summed E-state index contributed by atoms with van der Waals surface area (Å²) in [4.78, 5) is 12.0. The molecule has 1 aliphatic rings. The van der Waals surface area contributed by atoms with Gasteiger partial charge in [-0.2, -0.15) is 0 Å². The second-order valence-corrected chi connectivity index (χ2v) is 5.47. The van der Waals surface area contributed by atoms with Gasteiger partial charge in [-0.05, 0) is 32.2 Å². The largest absolute Gasteiger partial charge is 0.391 e. The van der Waals surface area contributed by atoms with Crippen LogP contribution in [-0.2, 0) is 4.79 Å². The number of piperidine rings is 1. The van der Waals surface area contributed by atoms with Crippen molar-refractivity contribution in [3.63, 3.8) is 0 Å². The second kappa shape index (κ2) is 7.74. The molecule has 1 rings (SSSR count). The van der Waals surface area contributed by atoms with Gasteiger partial charge in [0, 0.05) is 18.5 Å². The average molecular weight is 256 g/mol. The number of nitrogens with one attached hydrogen (secondary N) is 2. The number of carbonyl (C=O) groups is 1. The van der Waals surface area contributed by atoms with Gasteiger partial charge in [0.05, 0.1) is 6.10 Å². The number of carbonyl (C=O) groups excluding carboxylic acids is 1. The molecule has 0 bridgehead atoms. The molecule has 4 heteroatoms. The highest BCUT2D eigenvalue weighted by atomic mass is 16.3. The van der Waals surface area contributed by atoms with Crippen LogP contribution in [0.4, 0.5) is 0 Å². The Kier molecular flexibility index (Phi) is 6.65. The molecule has 1 amide bonds. The van der Waals surface area contributed by atoms with E-state index in [0.717, 1.165) is 32.2 Å². The maximum Gasteiger partial charge on any atom is 0.223 e. The molecule has 18 heavy (non-hydrogen) atoms. The van der Waals surface area contributed by atoms with Crippen LogP contribution in [0, 0.1) is 11.8 Å². The third-order valence-electron chi connectivity index (χ3n) is 4.07.